The van der Waals surface area contributed by atoms with Gasteiger partial charge in [-0.25, -0.2) is 9.79 Å². The molecule has 0 unspecified atom stereocenters. The molecule has 1 aromatic rings. The van der Waals surface area contributed by atoms with E-state index in [1.807, 2.05) is 44.9 Å². The molecule has 2 aliphatic heterocycles. The quantitative estimate of drug-likeness (QED) is 0.518. The Hall–Kier alpha value is -2.52. The van der Waals surface area contributed by atoms with Crippen LogP contribution in [-0.4, -0.2) is 85.1 Å². The average molecular weight is 488 g/mol. The van der Waals surface area contributed by atoms with Gasteiger partial charge in [0.15, 0.2) is 5.17 Å². The third-order valence-electron chi connectivity index (χ3n) is 5.83. The number of amidine groups is 1. The summed E-state index contributed by atoms with van der Waals surface area (Å²) in [5.74, 6) is -0.107. The van der Waals surface area contributed by atoms with Crippen molar-refractivity contribution in [3.8, 4) is 0 Å². The van der Waals surface area contributed by atoms with Gasteiger partial charge in [0.25, 0.3) is 0 Å². The lowest BCUT2D eigenvalue weighted by Gasteiger charge is -2.35. The molecule has 2 amide bonds. The number of carbonyl (C=O) groups excluding carboxylic acids is 2. The molecule has 2 heterocycles. The van der Waals surface area contributed by atoms with Crippen LogP contribution in [0.1, 0.15) is 38.8 Å². The summed E-state index contributed by atoms with van der Waals surface area (Å²) in [5, 5.41) is 3.52. The minimum Gasteiger partial charge on any atom is -0.444 e. The van der Waals surface area contributed by atoms with E-state index in [2.05, 4.69) is 35.5 Å². The first kappa shape index (κ1) is 26.1. The minimum absolute atomic E-state index is 0.107. The van der Waals surface area contributed by atoms with E-state index in [1.165, 1.54) is 23.0 Å². The standard InChI is InChI=1S/C25H37N5O3S/c1-7-20(18-8-9-21-19(16-18)10-11-28(21)5)26-23(34-6)27-22(31)17-29-12-14-30(15-13-29)24(32)33-25(2,3)4/h7-9,16H,10-15,17H2,1-6H3,(H,26,27,31)/b20-7+. The Bertz CT molecular complexity index is 962. The number of fused-ring (bicyclic) bond motifs is 1. The highest BCUT2D eigenvalue weighted by Gasteiger charge is 2.26. The highest BCUT2D eigenvalue weighted by Crippen LogP contribution is 2.30. The van der Waals surface area contributed by atoms with Crippen LogP contribution in [0.5, 0.6) is 0 Å². The number of amides is 2. The fourth-order valence-electron chi connectivity index (χ4n) is 4.03. The summed E-state index contributed by atoms with van der Waals surface area (Å²) in [7, 11) is 2.11. The Labute approximate surface area is 207 Å². The number of hydrogen-bond donors (Lipinski definition) is 1. The number of anilines is 1. The topological polar surface area (TPSA) is 77.5 Å². The second-order valence-electron chi connectivity index (χ2n) is 9.60. The zero-order valence-electron chi connectivity index (χ0n) is 21.2. The van der Waals surface area contributed by atoms with Crippen LogP contribution in [0.2, 0.25) is 0 Å². The van der Waals surface area contributed by atoms with Crippen molar-refractivity contribution in [2.24, 2.45) is 4.99 Å². The Kier molecular flexibility index (Phi) is 8.65. The van der Waals surface area contributed by atoms with Crippen molar-refractivity contribution in [2.75, 3.05) is 57.5 Å². The second-order valence-corrected chi connectivity index (χ2v) is 10.4. The molecule has 0 atom stereocenters. The molecule has 3 rings (SSSR count). The van der Waals surface area contributed by atoms with Crippen LogP contribution in [0, 0.1) is 0 Å². The molecule has 0 aliphatic carbocycles. The molecule has 0 radical (unpaired) electrons. The maximum atomic E-state index is 12.7. The molecular weight excluding hydrogens is 450 g/mol. The largest absolute Gasteiger partial charge is 0.444 e. The molecule has 0 saturated carbocycles. The molecule has 1 aromatic carbocycles. The normalized spacial score (nSPS) is 17.6. The Balaban J connectivity index is 1.55. The van der Waals surface area contributed by atoms with Crippen molar-refractivity contribution < 1.29 is 14.3 Å². The second kappa shape index (κ2) is 11.3. The van der Waals surface area contributed by atoms with E-state index in [-0.39, 0.29) is 18.5 Å². The Morgan fingerprint density at radius 2 is 1.88 bits per heavy atom. The van der Waals surface area contributed by atoms with Gasteiger partial charge >= 0.3 is 6.09 Å². The van der Waals surface area contributed by atoms with Crippen molar-refractivity contribution in [2.45, 2.75) is 39.7 Å². The number of hydrogen-bond acceptors (Lipinski definition) is 7. The van der Waals surface area contributed by atoms with Crippen LogP contribution in [0.15, 0.2) is 29.3 Å². The molecule has 34 heavy (non-hydrogen) atoms. The van der Waals surface area contributed by atoms with Gasteiger partial charge in [0.2, 0.25) is 5.91 Å². The van der Waals surface area contributed by atoms with E-state index < -0.39 is 5.60 Å². The van der Waals surface area contributed by atoms with E-state index in [9.17, 15) is 9.59 Å². The molecule has 0 spiro atoms. The zero-order valence-corrected chi connectivity index (χ0v) is 22.0. The number of carbonyl (C=O) groups is 2. The van der Waals surface area contributed by atoms with Crippen LogP contribution < -0.4 is 10.2 Å². The highest BCUT2D eigenvalue weighted by molar-refractivity contribution is 8.13. The maximum absolute atomic E-state index is 12.7. The van der Waals surface area contributed by atoms with Gasteiger partial charge in [-0.1, -0.05) is 23.9 Å². The molecule has 0 aromatic heterocycles. The monoisotopic (exact) mass is 487 g/mol. The first-order chi connectivity index (χ1) is 16.1. The Morgan fingerprint density at radius 1 is 1.18 bits per heavy atom. The van der Waals surface area contributed by atoms with E-state index in [0.717, 1.165) is 24.2 Å². The maximum Gasteiger partial charge on any atom is 0.410 e. The highest BCUT2D eigenvalue weighted by atomic mass is 32.2. The summed E-state index contributed by atoms with van der Waals surface area (Å²) in [6.07, 6.45) is 4.61. The van der Waals surface area contributed by atoms with Crippen molar-refractivity contribution in [1.29, 1.82) is 0 Å². The van der Waals surface area contributed by atoms with Gasteiger partial charge in [-0.15, -0.1) is 0 Å². The number of nitrogens with one attached hydrogen (secondary N) is 1. The van der Waals surface area contributed by atoms with Gasteiger partial charge in [-0.3, -0.25) is 9.69 Å². The van der Waals surface area contributed by atoms with Crippen molar-refractivity contribution in [3.63, 3.8) is 0 Å². The van der Waals surface area contributed by atoms with Gasteiger partial charge in [0.1, 0.15) is 5.60 Å². The van der Waals surface area contributed by atoms with E-state index in [4.69, 9.17) is 9.73 Å². The summed E-state index contributed by atoms with van der Waals surface area (Å²) in [4.78, 5) is 35.7. The number of thioether (sulfide) groups is 1. The molecular formula is C25H37N5O3S. The number of nitrogens with zero attached hydrogens (tertiary/aromatic N) is 4. The summed E-state index contributed by atoms with van der Waals surface area (Å²) in [6.45, 7) is 11.2. The van der Waals surface area contributed by atoms with E-state index in [1.54, 1.807) is 4.90 Å². The van der Waals surface area contributed by atoms with Crippen LogP contribution in [-0.2, 0) is 16.0 Å². The smallest absolute Gasteiger partial charge is 0.410 e. The lowest BCUT2D eigenvalue weighted by Crippen LogP contribution is -2.52. The number of aliphatic imine (C=N–C) groups is 1. The predicted octanol–water partition coefficient (Wildman–Crippen LogP) is 3.43. The van der Waals surface area contributed by atoms with Crippen LogP contribution in [0.25, 0.3) is 5.70 Å². The predicted molar refractivity (Wildman–Crippen MR) is 140 cm³/mol. The first-order valence-electron chi connectivity index (χ1n) is 11.7. The SMILES string of the molecule is C/C=C(/N=C(NC(=O)CN1CCN(C(=O)OC(C)(C)C)CC1)SC)c1ccc2c(c1)CCN2C. The number of piperazine rings is 1. The molecule has 0 bridgehead atoms. The third kappa shape index (κ3) is 6.99. The molecule has 2 aliphatic rings. The van der Waals surface area contributed by atoms with Crippen LogP contribution in [0.3, 0.4) is 0 Å². The van der Waals surface area contributed by atoms with Crippen LogP contribution >= 0.6 is 11.8 Å². The molecule has 8 nitrogen and oxygen atoms in total. The van der Waals surface area contributed by atoms with Gasteiger partial charge in [-0.05, 0) is 58.1 Å². The summed E-state index contributed by atoms with van der Waals surface area (Å²) in [6, 6.07) is 6.43. The summed E-state index contributed by atoms with van der Waals surface area (Å²) in [5.41, 5.74) is 3.98. The van der Waals surface area contributed by atoms with Gasteiger partial charge in [-0.2, -0.15) is 0 Å². The molecule has 1 fully saturated rings. The van der Waals surface area contributed by atoms with Gasteiger partial charge in [0, 0.05) is 51.0 Å². The number of benzene rings is 1. The number of allylic oxidation sites excluding steroid dienone is 1. The lowest BCUT2D eigenvalue weighted by molar-refractivity contribution is -0.121. The average Bonchev–Trinajstić information content (AvgIpc) is 3.16. The van der Waals surface area contributed by atoms with E-state index >= 15 is 0 Å². The molecule has 9 heteroatoms. The fraction of sp³-hybridized carbons (Fsp3) is 0.560. The molecule has 1 N–H and O–H groups in total. The number of rotatable bonds is 4. The Morgan fingerprint density at radius 3 is 2.50 bits per heavy atom. The van der Waals surface area contributed by atoms with Gasteiger partial charge in [0.05, 0.1) is 12.2 Å². The van der Waals surface area contributed by atoms with Crippen molar-refractivity contribution in [3.05, 3.63) is 35.4 Å². The summed E-state index contributed by atoms with van der Waals surface area (Å²) < 4.78 is 5.44. The number of likely N-dealkylation sites (N-methyl/N-ethyl adjacent to an activating group) is 1. The summed E-state index contributed by atoms with van der Waals surface area (Å²) >= 11 is 1.42. The van der Waals surface area contributed by atoms with Crippen molar-refractivity contribution in [1.82, 2.24) is 15.1 Å². The lowest BCUT2D eigenvalue weighted by atomic mass is 10.1. The molecule has 1 saturated heterocycles. The van der Waals surface area contributed by atoms with E-state index in [0.29, 0.717) is 31.3 Å². The van der Waals surface area contributed by atoms with Crippen molar-refractivity contribution >= 4 is 40.3 Å². The first-order valence-corrected chi connectivity index (χ1v) is 13.0. The zero-order chi connectivity index (χ0) is 24.9. The van der Waals surface area contributed by atoms with Crippen LogP contribution in [0.4, 0.5) is 10.5 Å². The fourth-order valence-corrected chi connectivity index (χ4v) is 4.44. The van der Waals surface area contributed by atoms with Gasteiger partial charge < -0.3 is 19.9 Å². The number of ether oxygens (including phenoxy) is 1. The molecule has 186 valence electrons. The minimum atomic E-state index is -0.510. The third-order valence-corrected chi connectivity index (χ3v) is 6.41.